The minimum absolute atomic E-state index is 0.000315. The number of ether oxygens (including phenoxy) is 1. The van der Waals surface area contributed by atoms with Crippen LogP contribution in [0.4, 0.5) is 4.79 Å². The van der Waals surface area contributed by atoms with Crippen LogP contribution < -0.4 is 10.6 Å². The predicted octanol–water partition coefficient (Wildman–Crippen LogP) is 7.73. The molecule has 0 spiro atoms. The Labute approximate surface area is 270 Å². The Bertz CT molecular complexity index is 1620. The first-order valence-corrected chi connectivity index (χ1v) is 15.8. The Morgan fingerprint density at radius 1 is 0.652 bits per heavy atom. The molecule has 0 radical (unpaired) electrons. The van der Waals surface area contributed by atoms with Gasteiger partial charge in [-0.1, -0.05) is 140 Å². The summed E-state index contributed by atoms with van der Waals surface area (Å²) in [5.41, 5.74) is 6.69. The van der Waals surface area contributed by atoms with Crippen molar-refractivity contribution in [2.75, 3.05) is 13.2 Å². The number of carbonyl (C=O) groups excluding carboxylic acids is 1. The molecule has 0 heterocycles. The average molecular weight is 611 g/mol. The van der Waals surface area contributed by atoms with Crippen molar-refractivity contribution in [1.29, 1.82) is 0 Å². The number of aliphatic carboxylic acids is 1. The number of alkyl carbamates (subject to hydrolysis) is 1. The summed E-state index contributed by atoms with van der Waals surface area (Å²) in [5.74, 6) is -0.920. The van der Waals surface area contributed by atoms with Crippen LogP contribution in [0.25, 0.3) is 11.1 Å². The summed E-state index contributed by atoms with van der Waals surface area (Å²) in [6.07, 6.45) is 1.13. The van der Waals surface area contributed by atoms with Crippen molar-refractivity contribution in [3.8, 4) is 11.1 Å². The SMILES string of the molecule is O=C(NCCCC[C@@H](NC(c1ccccc1)(c1ccccc1)c1ccccc1)C(=O)O)OCC1c2ccccc2-c2ccccc21. The summed E-state index contributed by atoms with van der Waals surface area (Å²) < 4.78 is 5.66. The molecule has 0 aromatic heterocycles. The number of benzene rings is 5. The fourth-order valence-corrected chi connectivity index (χ4v) is 6.65. The highest BCUT2D eigenvalue weighted by molar-refractivity contribution is 5.79. The maximum absolute atomic E-state index is 12.7. The van der Waals surface area contributed by atoms with E-state index in [1.165, 1.54) is 22.3 Å². The summed E-state index contributed by atoms with van der Waals surface area (Å²) in [6, 6.07) is 45.6. The second-order valence-corrected chi connectivity index (χ2v) is 11.6. The third-order valence-electron chi connectivity index (χ3n) is 8.84. The Morgan fingerprint density at radius 2 is 1.11 bits per heavy atom. The van der Waals surface area contributed by atoms with E-state index >= 15 is 0 Å². The number of carboxylic acid groups (broad SMARTS) is 1. The van der Waals surface area contributed by atoms with Crippen LogP contribution in [0.1, 0.15) is 53.0 Å². The lowest BCUT2D eigenvalue weighted by atomic mass is 9.76. The van der Waals surface area contributed by atoms with Gasteiger partial charge in [-0.05, 0) is 58.2 Å². The van der Waals surface area contributed by atoms with E-state index in [2.05, 4.69) is 34.9 Å². The van der Waals surface area contributed by atoms with Crippen LogP contribution in [-0.4, -0.2) is 36.4 Å². The van der Waals surface area contributed by atoms with Gasteiger partial charge in [0.25, 0.3) is 0 Å². The third kappa shape index (κ3) is 6.44. The summed E-state index contributed by atoms with van der Waals surface area (Å²) in [5, 5.41) is 16.8. The first-order chi connectivity index (χ1) is 22.6. The van der Waals surface area contributed by atoms with Crippen molar-refractivity contribution in [1.82, 2.24) is 10.6 Å². The molecule has 46 heavy (non-hydrogen) atoms. The predicted molar refractivity (Wildman–Crippen MR) is 181 cm³/mol. The van der Waals surface area contributed by atoms with Gasteiger partial charge in [-0.3, -0.25) is 10.1 Å². The van der Waals surface area contributed by atoms with E-state index in [1.807, 2.05) is 115 Å². The minimum atomic E-state index is -0.920. The van der Waals surface area contributed by atoms with Gasteiger partial charge in [-0.2, -0.15) is 0 Å². The molecule has 0 bridgehead atoms. The molecule has 0 aliphatic heterocycles. The van der Waals surface area contributed by atoms with Crippen LogP contribution in [0.5, 0.6) is 0 Å². The van der Waals surface area contributed by atoms with Crippen molar-refractivity contribution in [3.05, 3.63) is 167 Å². The first kappa shape index (κ1) is 30.8. The Hall–Kier alpha value is -5.20. The van der Waals surface area contributed by atoms with Gasteiger partial charge in [0, 0.05) is 12.5 Å². The topological polar surface area (TPSA) is 87.7 Å². The molecule has 232 valence electrons. The maximum atomic E-state index is 12.7. The van der Waals surface area contributed by atoms with Crippen LogP contribution >= 0.6 is 0 Å². The zero-order valence-electron chi connectivity index (χ0n) is 25.6. The number of carbonyl (C=O) groups is 2. The number of fused-ring (bicyclic) bond motifs is 3. The lowest BCUT2D eigenvalue weighted by Gasteiger charge is -2.39. The average Bonchev–Trinajstić information content (AvgIpc) is 3.43. The van der Waals surface area contributed by atoms with Crippen LogP contribution in [0, 0.1) is 0 Å². The number of amides is 1. The van der Waals surface area contributed by atoms with Crippen LogP contribution in [0.2, 0.25) is 0 Å². The second-order valence-electron chi connectivity index (χ2n) is 11.6. The minimum Gasteiger partial charge on any atom is -0.480 e. The summed E-state index contributed by atoms with van der Waals surface area (Å²) in [6.45, 7) is 0.648. The van der Waals surface area contributed by atoms with E-state index in [-0.39, 0.29) is 12.5 Å². The third-order valence-corrected chi connectivity index (χ3v) is 8.84. The standard InChI is InChI=1S/C40H38N2O4/c43-38(44)37(42-40(29-16-4-1-5-17-29,30-18-6-2-7-19-30)31-20-8-3-9-21-31)26-14-15-27-41-39(45)46-28-36-34-24-12-10-22-32(34)33-23-11-13-25-35(33)36/h1-13,16-25,36-37,42H,14-15,26-28H2,(H,41,45)(H,43,44)/t37-/m1/s1. The molecule has 5 aromatic rings. The molecule has 6 heteroatoms. The molecule has 6 rings (SSSR count). The highest BCUT2D eigenvalue weighted by Gasteiger charge is 2.39. The van der Waals surface area contributed by atoms with Gasteiger partial charge in [0.1, 0.15) is 12.6 Å². The van der Waals surface area contributed by atoms with E-state index in [0.717, 1.165) is 16.7 Å². The van der Waals surface area contributed by atoms with Gasteiger partial charge in [0.2, 0.25) is 0 Å². The quantitative estimate of drug-likeness (QED) is 0.0938. The highest BCUT2D eigenvalue weighted by Crippen LogP contribution is 2.44. The summed E-state index contributed by atoms with van der Waals surface area (Å²) in [4.78, 5) is 25.3. The van der Waals surface area contributed by atoms with E-state index in [4.69, 9.17) is 4.74 Å². The molecule has 3 N–H and O–H groups in total. The molecule has 0 fully saturated rings. The van der Waals surface area contributed by atoms with Crippen molar-refractivity contribution in [2.45, 2.75) is 36.8 Å². The molecular formula is C40H38N2O4. The molecule has 1 atom stereocenters. The van der Waals surface area contributed by atoms with Gasteiger partial charge in [0.15, 0.2) is 0 Å². The molecule has 0 saturated carbocycles. The van der Waals surface area contributed by atoms with Crippen molar-refractivity contribution >= 4 is 12.1 Å². The van der Waals surface area contributed by atoms with Gasteiger partial charge < -0.3 is 15.2 Å². The molecular weight excluding hydrogens is 572 g/mol. The smallest absolute Gasteiger partial charge is 0.407 e. The molecule has 6 nitrogen and oxygen atoms in total. The zero-order chi connectivity index (χ0) is 31.8. The van der Waals surface area contributed by atoms with Gasteiger partial charge in [-0.25, -0.2) is 4.79 Å². The van der Waals surface area contributed by atoms with Gasteiger partial charge in [0.05, 0.1) is 5.54 Å². The van der Waals surface area contributed by atoms with Crippen molar-refractivity contribution in [2.24, 2.45) is 0 Å². The summed E-state index contributed by atoms with van der Waals surface area (Å²) in [7, 11) is 0. The van der Waals surface area contributed by atoms with Crippen LogP contribution in [0.15, 0.2) is 140 Å². The molecule has 5 aromatic carbocycles. The van der Waals surface area contributed by atoms with Gasteiger partial charge >= 0.3 is 12.1 Å². The monoisotopic (exact) mass is 610 g/mol. The number of unbranched alkanes of at least 4 members (excludes halogenated alkanes) is 1. The fraction of sp³-hybridized carbons (Fsp3) is 0.200. The van der Waals surface area contributed by atoms with Crippen molar-refractivity contribution in [3.63, 3.8) is 0 Å². The lowest BCUT2D eigenvalue weighted by Crippen LogP contribution is -2.52. The Balaban J connectivity index is 1.08. The highest BCUT2D eigenvalue weighted by atomic mass is 16.5. The number of carboxylic acids is 1. The fourth-order valence-electron chi connectivity index (χ4n) is 6.65. The van der Waals surface area contributed by atoms with Crippen LogP contribution in [-0.2, 0) is 15.1 Å². The number of hydrogen-bond acceptors (Lipinski definition) is 4. The number of rotatable bonds is 13. The Kier molecular flexibility index (Phi) is 9.56. The first-order valence-electron chi connectivity index (χ1n) is 15.8. The van der Waals surface area contributed by atoms with E-state index in [1.54, 1.807) is 0 Å². The van der Waals surface area contributed by atoms with Crippen molar-refractivity contribution < 1.29 is 19.4 Å². The molecule has 1 aliphatic carbocycles. The molecule has 1 amide bonds. The molecule has 0 saturated heterocycles. The molecule has 0 unspecified atom stereocenters. The van der Waals surface area contributed by atoms with Crippen LogP contribution in [0.3, 0.4) is 0 Å². The zero-order valence-corrected chi connectivity index (χ0v) is 25.6. The van der Waals surface area contributed by atoms with Gasteiger partial charge in [-0.15, -0.1) is 0 Å². The number of nitrogens with one attached hydrogen (secondary N) is 2. The largest absolute Gasteiger partial charge is 0.480 e. The normalized spacial score (nSPS) is 13.0. The lowest BCUT2D eigenvalue weighted by molar-refractivity contribution is -0.140. The van der Waals surface area contributed by atoms with E-state index in [9.17, 15) is 14.7 Å². The number of hydrogen-bond donors (Lipinski definition) is 3. The molecule has 1 aliphatic rings. The van der Waals surface area contributed by atoms with E-state index in [0.29, 0.717) is 25.8 Å². The maximum Gasteiger partial charge on any atom is 0.407 e. The van der Waals surface area contributed by atoms with E-state index < -0.39 is 23.6 Å². The summed E-state index contributed by atoms with van der Waals surface area (Å²) >= 11 is 0. The Morgan fingerprint density at radius 3 is 1.59 bits per heavy atom. The second kappa shape index (κ2) is 14.3.